The molecule has 0 unspecified atom stereocenters. The minimum atomic E-state index is -3.23. The summed E-state index contributed by atoms with van der Waals surface area (Å²) in [4.78, 5) is 11.8. The molecule has 22 heavy (non-hydrogen) atoms. The van der Waals surface area contributed by atoms with Gasteiger partial charge in [-0.25, -0.2) is 17.8 Å². The van der Waals surface area contributed by atoms with E-state index in [0.29, 0.717) is 5.69 Å². The van der Waals surface area contributed by atoms with E-state index in [0.717, 1.165) is 18.4 Å². The molecule has 7 heteroatoms. The lowest BCUT2D eigenvalue weighted by atomic mass is 10.1. The normalized spacial score (nSPS) is 14.9. The van der Waals surface area contributed by atoms with Crippen LogP contribution in [0.5, 0.6) is 0 Å². The summed E-state index contributed by atoms with van der Waals surface area (Å²) in [6.45, 7) is 0.384. The van der Waals surface area contributed by atoms with Crippen molar-refractivity contribution in [1.82, 2.24) is 14.5 Å². The summed E-state index contributed by atoms with van der Waals surface area (Å²) >= 11 is 0. The van der Waals surface area contributed by atoms with Crippen molar-refractivity contribution in [2.75, 3.05) is 6.54 Å². The zero-order valence-corrected chi connectivity index (χ0v) is 12.8. The van der Waals surface area contributed by atoms with Crippen LogP contribution < -0.4 is 10.3 Å². The Kier molecular flexibility index (Phi) is 4.08. The van der Waals surface area contributed by atoms with Gasteiger partial charge in [0, 0.05) is 18.2 Å². The van der Waals surface area contributed by atoms with Gasteiger partial charge >= 0.3 is 0 Å². The maximum Gasteiger partial charge on any atom is 0.266 e. The molecule has 0 radical (unpaired) electrons. The highest BCUT2D eigenvalue weighted by atomic mass is 32.2. The second-order valence-corrected chi connectivity index (χ2v) is 7.33. The summed E-state index contributed by atoms with van der Waals surface area (Å²) in [5.41, 5.74) is 1.35. The van der Waals surface area contributed by atoms with E-state index in [1.165, 1.54) is 10.7 Å². The molecule has 1 aromatic carbocycles. The SMILES string of the molecule is O=c1ccc(-c2ccccc2)nn1CCNS(=O)(=O)C1CC1. The molecule has 0 saturated heterocycles. The van der Waals surface area contributed by atoms with E-state index in [9.17, 15) is 13.2 Å². The molecule has 1 fully saturated rings. The smallest absolute Gasteiger partial charge is 0.266 e. The Hall–Kier alpha value is -1.99. The summed E-state index contributed by atoms with van der Waals surface area (Å²) < 4.78 is 27.3. The molecule has 1 aliphatic rings. The molecular weight excluding hydrogens is 302 g/mol. The molecule has 1 heterocycles. The minimum Gasteiger partial charge on any atom is -0.268 e. The molecule has 0 bridgehead atoms. The van der Waals surface area contributed by atoms with Crippen molar-refractivity contribution in [1.29, 1.82) is 0 Å². The van der Waals surface area contributed by atoms with E-state index in [1.54, 1.807) is 6.07 Å². The standard InChI is InChI=1S/C15H17N3O3S/c19-15-9-8-14(12-4-2-1-3-5-12)17-18(15)11-10-16-22(20,21)13-6-7-13/h1-5,8-9,13,16H,6-7,10-11H2. The molecule has 3 rings (SSSR count). The van der Waals surface area contributed by atoms with E-state index in [2.05, 4.69) is 9.82 Å². The first-order valence-electron chi connectivity index (χ1n) is 7.18. The fourth-order valence-electron chi connectivity index (χ4n) is 2.16. The van der Waals surface area contributed by atoms with Crippen LogP contribution in [0.3, 0.4) is 0 Å². The third-order valence-electron chi connectivity index (χ3n) is 3.53. The maximum absolute atomic E-state index is 11.8. The van der Waals surface area contributed by atoms with Crippen LogP contribution in [0.1, 0.15) is 12.8 Å². The first-order valence-corrected chi connectivity index (χ1v) is 8.73. The van der Waals surface area contributed by atoms with Crippen LogP contribution >= 0.6 is 0 Å². The number of nitrogens with zero attached hydrogens (tertiary/aromatic N) is 2. The lowest BCUT2D eigenvalue weighted by Gasteiger charge is -2.08. The Bertz CT molecular complexity index is 811. The highest BCUT2D eigenvalue weighted by Gasteiger charge is 2.35. The van der Waals surface area contributed by atoms with Gasteiger partial charge in [0.05, 0.1) is 17.5 Å². The summed E-state index contributed by atoms with van der Waals surface area (Å²) in [7, 11) is -3.23. The van der Waals surface area contributed by atoms with Crippen molar-refractivity contribution in [3.63, 3.8) is 0 Å². The molecule has 0 amide bonds. The Morgan fingerprint density at radius 1 is 1.14 bits per heavy atom. The number of hydrogen-bond donors (Lipinski definition) is 1. The van der Waals surface area contributed by atoms with Gasteiger partial charge in [0.2, 0.25) is 10.0 Å². The molecule has 1 saturated carbocycles. The molecule has 1 aliphatic carbocycles. The zero-order valence-electron chi connectivity index (χ0n) is 12.0. The van der Waals surface area contributed by atoms with Gasteiger partial charge in [0.1, 0.15) is 0 Å². The predicted molar refractivity (Wildman–Crippen MR) is 83.9 cm³/mol. The van der Waals surface area contributed by atoms with Crippen molar-refractivity contribution < 1.29 is 8.42 Å². The van der Waals surface area contributed by atoms with Gasteiger partial charge < -0.3 is 0 Å². The van der Waals surface area contributed by atoms with Gasteiger partial charge in [-0.15, -0.1) is 0 Å². The molecule has 1 aromatic heterocycles. The number of rotatable bonds is 6. The molecule has 0 atom stereocenters. The monoisotopic (exact) mass is 319 g/mol. The lowest BCUT2D eigenvalue weighted by Crippen LogP contribution is -2.33. The van der Waals surface area contributed by atoms with Crippen LogP contribution in [0, 0.1) is 0 Å². The Morgan fingerprint density at radius 3 is 2.55 bits per heavy atom. The molecule has 116 valence electrons. The Balaban J connectivity index is 1.72. The van der Waals surface area contributed by atoms with Gasteiger partial charge in [0.25, 0.3) is 5.56 Å². The average Bonchev–Trinajstić information content (AvgIpc) is 3.35. The lowest BCUT2D eigenvalue weighted by molar-refractivity contribution is 0.548. The van der Waals surface area contributed by atoms with Crippen LogP contribution in [0.15, 0.2) is 47.3 Å². The third-order valence-corrected chi connectivity index (χ3v) is 5.48. The molecule has 0 aliphatic heterocycles. The summed E-state index contributed by atoms with van der Waals surface area (Å²) in [5.74, 6) is 0. The Morgan fingerprint density at radius 2 is 1.86 bits per heavy atom. The molecule has 2 aromatic rings. The van der Waals surface area contributed by atoms with Gasteiger partial charge in [-0.3, -0.25) is 4.79 Å². The second kappa shape index (κ2) is 6.02. The zero-order chi connectivity index (χ0) is 15.6. The average molecular weight is 319 g/mol. The van der Waals surface area contributed by atoms with Gasteiger partial charge in [-0.1, -0.05) is 30.3 Å². The number of aromatic nitrogens is 2. The molecule has 1 N–H and O–H groups in total. The van der Waals surface area contributed by atoms with Crippen molar-refractivity contribution in [3.05, 3.63) is 52.8 Å². The topological polar surface area (TPSA) is 81.1 Å². The van der Waals surface area contributed by atoms with Crippen LogP contribution in [-0.4, -0.2) is 30.0 Å². The second-order valence-electron chi connectivity index (χ2n) is 5.28. The quantitative estimate of drug-likeness (QED) is 0.861. The highest BCUT2D eigenvalue weighted by molar-refractivity contribution is 7.90. The Labute approximate surface area is 128 Å². The van der Waals surface area contributed by atoms with Gasteiger partial charge in [-0.05, 0) is 18.9 Å². The van der Waals surface area contributed by atoms with Crippen LogP contribution in [0.2, 0.25) is 0 Å². The van der Waals surface area contributed by atoms with Crippen molar-refractivity contribution in [2.45, 2.75) is 24.6 Å². The van der Waals surface area contributed by atoms with Crippen molar-refractivity contribution in [3.8, 4) is 11.3 Å². The third kappa shape index (κ3) is 3.42. The fourth-order valence-corrected chi connectivity index (χ4v) is 3.53. The molecule has 0 spiro atoms. The van der Waals surface area contributed by atoms with Crippen LogP contribution in [-0.2, 0) is 16.6 Å². The van der Waals surface area contributed by atoms with E-state index in [-0.39, 0.29) is 23.9 Å². The van der Waals surface area contributed by atoms with Crippen LogP contribution in [0.25, 0.3) is 11.3 Å². The van der Waals surface area contributed by atoms with Crippen molar-refractivity contribution >= 4 is 10.0 Å². The molecule has 6 nitrogen and oxygen atoms in total. The predicted octanol–water partition coefficient (Wildman–Crippen LogP) is 0.992. The number of nitrogens with one attached hydrogen (secondary N) is 1. The van der Waals surface area contributed by atoms with Gasteiger partial charge in [0.15, 0.2) is 0 Å². The number of sulfonamides is 1. The largest absolute Gasteiger partial charge is 0.268 e. The number of hydrogen-bond acceptors (Lipinski definition) is 4. The van der Waals surface area contributed by atoms with Gasteiger partial charge in [-0.2, -0.15) is 5.10 Å². The molecular formula is C15H17N3O3S. The summed E-state index contributed by atoms with van der Waals surface area (Å²) in [6, 6.07) is 12.6. The summed E-state index contributed by atoms with van der Waals surface area (Å²) in [6.07, 6.45) is 1.44. The minimum absolute atomic E-state index is 0.171. The first-order chi connectivity index (χ1) is 10.6. The van der Waals surface area contributed by atoms with Crippen molar-refractivity contribution in [2.24, 2.45) is 0 Å². The maximum atomic E-state index is 11.8. The van der Waals surface area contributed by atoms with E-state index >= 15 is 0 Å². The van der Waals surface area contributed by atoms with E-state index in [4.69, 9.17) is 0 Å². The summed E-state index contributed by atoms with van der Waals surface area (Å²) in [5, 5.41) is 4.04. The fraction of sp³-hybridized carbons (Fsp3) is 0.333. The first kappa shape index (κ1) is 14.9. The van der Waals surface area contributed by atoms with Crippen LogP contribution in [0.4, 0.5) is 0 Å². The van der Waals surface area contributed by atoms with E-state index in [1.807, 2.05) is 30.3 Å². The highest BCUT2D eigenvalue weighted by Crippen LogP contribution is 2.27. The van der Waals surface area contributed by atoms with E-state index < -0.39 is 10.0 Å². The number of benzene rings is 1.